The summed E-state index contributed by atoms with van der Waals surface area (Å²) in [5, 5.41) is 3.15. The molecule has 1 aliphatic heterocycles. The Morgan fingerprint density at radius 1 is 1.21 bits per heavy atom. The van der Waals surface area contributed by atoms with Gasteiger partial charge in [-0.25, -0.2) is 23.1 Å². The van der Waals surface area contributed by atoms with Gasteiger partial charge in [0.15, 0.2) is 0 Å². The molecule has 1 saturated heterocycles. The van der Waals surface area contributed by atoms with Crippen molar-refractivity contribution in [2.24, 2.45) is 0 Å². The molecular weight excluding hydrogens is 346 g/mol. The lowest BCUT2D eigenvalue weighted by Gasteiger charge is -2.37. The lowest BCUT2D eigenvalue weighted by atomic mass is 10.2. The molecule has 0 spiro atoms. The summed E-state index contributed by atoms with van der Waals surface area (Å²) in [6, 6.07) is 3.69. The van der Waals surface area contributed by atoms with Gasteiger partial charge in [0.25, 0.3) is 0 Å². The number of rotatable bonds is 5. The first-order chi connectivity index (χ1) is 11.5. The lowest BCUT2D eigenvalue weighted by Crippen LogP contribution is -2.47. The predicted octanol–water partition coefficient (Wildman–Crippen LogP) is 1.33. The molecule has 2 aromatic heterocycles. The molecule has 7 nitrogen and oxygen atoms in total. The van der Waals surface area contributed by atoms with Gasteiger partial charge >= 0.3 is 0 Å². The van der Waals surface area contributed by atoms with Gasteiger partial charge in [0, 0.05) is 44.0 Å². The molecule has 0 aromatic carbocycles. The average molecular weight is 368 g/mol. The number of hydrogen-bond donors (Lipinski definition) is 1. The van der Waals surface area contributed by atoms with Crippen LogP contribution < -0.4 is 9.62 Å². The van der Waals surface area contributed by atoms with Crippen LogP contribution in [0.1, 0.15) is 18.0 Å². The van der Waals surface area contributed by atoms with Gasteiger partial charge in [0.05, 0.1) is 6.04 Å². The summed E-state index contributed by atoms with van der Waals surface area (Å²) < 4.78 is 25.8. The summed E-state index contributed by atoms with van der Waals surface area (Å²) in [6.07, 6.45) is 3.25. The summed E-state index contributed by atoms with van der Waals surface area (Å²) >= 11 is 1.69. The monoisotopic (exact) mass is 367 g/mol. The first-order valence-corrected chi connectivity index (χ1v) is 10.2. The largest absolute Gasteiger partial charge is 0.354 e. The first kappa shape index (κ1) is 17.3. The van der Waals surface area contributed by atoms with Crippen molar-refractivity contribution in [3.63, 3.8) is 0 Å². The normalized spacial score (nSPS) is 17.8. The number of thiazole rings is 1. The van der Waals surface area contributed by atoms with Gasteiger partial charge in [0.1, 0.15) is 15.7 Å². The van der Waals surface area contributed by atoms with Crippen molar-refractivity contribution in [2.75, 3.05) is 38.1 Å². The number of aromatic nitrogens is 2. The molecule has 3 heterocycles. The molecule has 24 heavy (non-hydrogen) atoms. The number of hydrogen-bond acceptors (Lipinski definition) is 7. The minimum atomic E-state index is -3.44. The minimum Gasteiger partial charge on any atom is -0.354 e. The van der Waals surface area contributed by atoms with E-state index < -0.39 is 10.0 Å². The Morgan fingerprint density at radius 3 is 2.50 bits per heavy atom. The smallest absolute Gasteiger partial charge is 0.241 e. The van der Waals surface area contributed by atoms with Gasteiger partial charge in [-0.05, 0) is 26.1 Å². The maximum absolute atomic E-state index is 11.7. The van der Waals surface area contributed by atoms with Crippen LogP contribution in [0.15, 0.2) is 34.8 Å². The molecule has 0 saturated carbocycles. The Bertz CT molecular complexity index is 754. The SMILES string of the molecule is CNS(=O)(=O)c1ccc(N2CCN(C(C)c3nccs3)CC2)nc1. The van der Waals surface area contributed by atoms with Gasteiger partial charge in [-0.1, -0.05) is 0 Å². The number of anilines is 1. The zero-order valence-electron chi connectivity index (χ0n) is 13.7. The summed E-state index contributed by atoms with van der Waals surface area (Å²) in [7, 11) is -2.04. The fraction of sp³-hybridized carbons (Fsp3) is 0.467. The molecule has 1 atom stereocenters. The second-order valence-electron chi connectivity index (χ2n) is 5.63. The van der Waals surface area contributed by atoms with Gasteiger partial charge in [0.2, 0.25) is 10.0 Å². The molecule has 0 aliphatic carbocycles. The Balaban J connectivity index is 1.62. The van der Waals surface area contributed by atoms with Crippen LogP contribution in [0.3, 0.4) is 0 Å². The molecule has 130 valence electrons. The van der Waals surface area contributed by atoms with E-state index in [4.69, 9.17) is 0 Å². The molecule has 1 fully saturated rings. The lowest BCUT2D eigenvalue weighted by molar-refractivity contribution is 0.198. The van der Waals surface area contributed by atoms with Crippen molar-refractivity contribution >= 4 is 27.2 Å². The molecule has 0 amide bonds. The van der Waals surface area contributed by atoms with E-state index in [1.807, 2.05) is 11.6 Å². The predicted molar refractivity (Wildman–Crippen MR) is 94.8 cm³/mol. The third-order valence-corrected chi connectivity index (χ3v) is 6.64. The fourth-order valence-corrected chi connectivity index (χ4v) is 4.17. The molecule has 1 N–H and O–H groups in total. The van der Waals surface area contributed by atoms with E-state index in [9.17, 15) is 8.42 Å². The Kier molecular flexibility index (Phi) is 5.14. The van der Waals surface area contributed by atoms with Crippen LogP contribution >= 0.6 is 11.3 Å². The number of nitrogens with one attached hydrogen (secondary N) is 1. The van der Waals surface area contributed by atoms with Gasteiger partial charge < -0.3 is 4.90 Å². The highest BCUT2D eigenvalue weighted by Gasteiger charge is 2.24. The van der Waals surface area contributed by atoms with Crippen LogP contribution in [-0.2, 0) is 10.0 Å². The van der Waals surface area contributed by atoms with Gasteiger partial charge in [-0.2, -0.15) is 0 Å². The number of nitrogens with zero attached hydrogens (tertiary/aromatic N) is 4. The second-order valence-corrected chi connectivity index (χ2v) is 8.44. The molecule has 1 aliphatic rings. The first-order valence-electron chi connectivity index (χ1n) is 7.79. The van der Waals surface area contributed by atoms with Crippen molar-refractivity contribution in [1.29, 1.82) is 0 Å². The maximum atomic E-state index is 11.7. The molecule has 9 heteroatoms. The van der Waals surface area contributed by atoms with Crippen molar-refractivity contribution in [3.05, 3.63) is 34.9 Å². The summed E-state index contributed by atoms with van der Waals surface area (Å²) in [6.45, 7) is 5.77. The van der Waals surface area contributed by atoms with Crippen LogP contribution in [0.25, 0.3) is 0 Å². The summed E-state index contributed by atoms with van der Waals surface area (Å²) in [5.74, 6) is 0.812. The molecule has 0 bridgehead atoms. The van der Waals surface area contributed by atoms with E-state index in [0.717, 1.165) is 37.0 Å². The van der Waals surface area contributed by atoms with E-state index in [1.54, 1.807) is 23.5 Å². The fourth-order valence-electron chi connectivity index (χ4n) is 2.77. The van der Waals surface area contributed by atoms with E-state index in [2.05, 4.69) is 31.4 Å². The third kappa shape index (κ3) is 3.59. The molecule has 3 rings (SSSR count). The Labute approximate surface area is 146 Å². The molecule has 0 radical (unpaired) electrons. The van der Waals surface area contributed by atoms with Gasteiger partial charge in [-0.3, -0.25) is 4.90 Å². The van der Waals surface area contributed by atoms with Crippen LogP contribution in [0.5, 0.6) is 0 Å². The van der Waals surface area contributed by atoms with E-state index >= 15 is 0 Å². The van der Waals surface area contributed by atoms with Crippen molar-refractivity contribution in [2.45, 2.75) is 17.9 Å². The highest BCUT2D eigenvalue weighted by molar-refractivity contribution is 7.89. The Hall–Kier alpha value is -1.55. The third-order valence-electron chi connectivity index (χ3n) is 4.29. The maximum Gasteiger partial charge on any atom is 0.241 e. The van der Waals surface area contributed by atoms with Crippen LogP contribution in [-0.4, -0.2) is 56.5 Å². The average Bonchev–Trinajstić information content (AvgIpc) is 3.16. The number of pyridine rings is 1. The van der Waals surface area contributed by atoms with Crippen LogP contribution in [0.4, 0.5) is 5.82 Å². The van der Waals surface area contributed by atoms with Gasteiger partial charge in [-0.15, -0.1) is 11.3 Å². The zero-order chi connectivity index (χ0) is 17.2. The molecule has 2 aromatic rings. The highest BCUT2D eigenvalue weighted by atomic mass is 32.2. The van der Waals surface area contributed by atoms with E-state index in [1.165, 1.54) is 13.2 Å². The van der Waals surface area contributed by atoms with Crippen molar-refractivity contribution in [3.8, 4) is 0 Å². The highest BCUT2D eigenvalue weighted by Crippen LogP contribution is 2.24. The summed E-state index contributed by atoms with van der Waals surface area (Å²) in [5.41, 5.74) is 0. The van der Waals surface area contributed by atoms with E-state index in [0.29, 0.717) is 6.04 Å². The standard InChI is InChI=1S/C15H21N5O2S2/c1-12(15-17-5-10-23-15)19-6-8-20(9-7-19)14-4-3-13(11-18-14)24(21,22)16-2/h3-5,10-12,16H,6-9H2,1-2H3. The number of piperazine rings is 1. The number of sulfonamides is 1. The zero-order valence-corrected chi connectivity index (χ0v) is 15.3. The molecular formula is C15H21N5O2S2. The minimum absolute atomic E-state index is 0.185. The van der Waals surface area contributed by atoms with Crippen molar-refractivity contribution < 1.29 is 8.42 Å². The quantitative estimate of drug-likeness (QED) is 0.859. The topological polar surface area (TPSA) is 78.4 Å². The molecule has 1 unspecified atom stereocenters. The van der Waals surface area contributed by atoms with Crippen LogP contribution in [0, 0.1) is 0 Å². The Morgan fingerprint density at radius 2 is 1.96 bits per heavy atom. The van der Waals surface area contributed by atoms with Crippen LogP contribution in [0.2, 0.25) is 0 Å². The summed E-state index contributed by atoms with van der Waals surface area (Å²) in [4.78, 5) is 13.5. The van der Waals surface area contributed by atoms with E-state index in [-0.39, 0.29) is 4.90 Å². The van der Waals surface area contributed by atoms with Crippen molar-refractivity contribution in [1.82, 2.24) is 19.6 Å². The second kappa shape index (κ2) is 7.14.